The molecule has 0 saturated carbocycles. The molecule has 3 rings (SSSR count). The van der Waals surface area contributed by atoms with Crippen molar-refractivity contribution >= 4 is 23.2 Å². The molecule has 1 atom stereocenters. The van der Waals surface area contributed by atoms with Crippen LogP contribution in [0.15, 0.2) is 28.8 Å². The first-order chi connectivity index (χ1) is 10.2. The maximum absolute atomic E-state index is 12.2. The van der Waals surface area contributed by atoms with E-state index in [0.29, 0.717) is 29.7 Å². The second kappa shape index (κ2) is 5.85. The SMILES string of the molecule is CCCc1noc(C2CC(=O)N(c3cccc(Cl)c3)C2)n1. The first kappa shape index (κ1) is 14.1. The van der Waals surface area contributed by atoms with E-state index in [9.17, 15) is 4.79 Å². The Balaban J connectivity index is 1.77. The highest BCUT2D eigenvalue weighted by molar-refractivity contribution is 6.30. The molecule has 110 valence electrons. The van der Waals surface area contributed by atoms with Gasteiger partial charge in [0.25, 0.3) is 0 Å². The lowest BCUT2D eigenvalue weighted by Crippen LogP contribution is -2.24. The number of amides is 1. The topological polar surface area (TPSA) is 59.2 Å². The Labute approximate surface area is 127 Å². The molecule has 5 nitrogen and oxygen atoms in total. The van der Waals surface area contributed by atoms with Gasteiger partial charge in [0.2, 0.25) is 11.8 Å². The number of benzene rings is 1. The fourth-order valence-corrected chi connectivity index (χ4v) is 2.71. The first-order valence-electron chi connectivity index (χ1n) is 7.05. The highest BCUT2D eigenvalue weighted by atomic mass is 35.5. The molecule has 0 aliphatic carbocycles. The molecule has 2 aromatic rings. The van der Waals surface area contributed by atoms with Gasteiger partial charge in [-0.1, -0.05) is 29.7 Å². The summed E-state index contributed by atoms with van der Waals surface area (Å²) in [5, 5.41) is 4.57. The van der Waals surface area contributed by atoms with Gasteiger partial charge < -0.3 is 9.42 Å². The molecule has 6 heteroatoms. The quantitative estimate of drug-likeness (QED) is 0.870. The molecule has 0 radical (unpaired) electrons. The van der Waals surface area contributed by atoms with Crippen LogP contribution in [0.3, 0.4) is 0 Å². The van der Waals surface area contributed by atoms with E-state index in [1.807, 2.05) is 12.1 Å². The highest BCUT2D eigenvalue weighted by Crippen LogP contribution is 2.32. The standard InChI is InChI=1S/C15H16ClN3O2/c1-2-4-13-17-15(21-18-13)10-7-14(20)19(9-10)12-6-3-5-11(16)8-12/h3,5-6,8,10H,2,4,7,9H2,1H3. The average molecular weight is 306 g/mol. The van der Waals surface area contributed by atoms with E-state index in [1.54, 1.807) is 17.0 Å². The van der Waals surface area contributed by atoms with E-state index >= 15 is 0 Å². The number of hydrogen-bond donors (Lipinski definition) is 0. The van der Waals surface area contributed by atoms with Crippen molar-refractivity contribution in [2.75, 3.05) is 11.4 Å². The Morgan fingerprint density at radius 3 is 3.10 bits per heavy atom. The number of hydrogen-bond acceptors (Lipinski definition) is 4. The molecule has 1 aromatic carbocycles. The third-order valence-corrected chi connectivity index (χ3v) is 3.79. The molecule has 2 heterocycles. The summed E-state index contributed by atoms with van der Waals surface area (Å²) in [5.74, 6) is 1.27. The molecule has 1 fully saturated rings. The van der Waals surface area contributed by atoms with Crippen molar-refractivity contribution in [2.45, 2.75) is 32.1 Å². The van der Waals surface area contributed by atoms with Crippen LogP contribution in [0.25, 0.3) is 0 Å². The Hall–Kier alpha value is -1.88. The van der Waals surface area contributed by atoms with Crippen molar-refractivity contribution < 1.29 is 9.32 Å². The predicted molar refractivity (Wildman–Crippen MR) is 79.5 cm³/mol. The number of halogens is 1. The van der Waals surface area contributed by atoms with Gasteiger partial charge in [0.1, 0.15) is 0 Å². The Morgan fingerprint density at radius 1 is 1.48 bits per heavy atom. The molecule has 0 N–H and O–H groups in total. The zero-order valence-electron chi connectivity index (χ0n) is 11.8. The minimum atomic E-state index is -0.0467. The fraction of sp³-hybridized carbons (Fsp3) is 0.400. The molecule has 21 heavy (non-hydrogen) atoms. The zero-order chi connectivity index (χ0) is 14.8. The number of nitrogens with zero attached hydrogens (tertiary/aromatic N) is 3. The lowest BCUT2D eigenvalue weighted by molar-refractivity contribution is -0.117. The summed E-state index contributed by atoms with van der Waals surface area (Å²) >= 11 is 5.98. The van der Waals surface area contributed by atoms with Crippen LogP contribution in [0, 0.1) is 0 Å². The lowest BCUT2D eigenvalue weighted by Gasteiger charge is -2.16. The molecule has 1 aromatic heterocycles. The molecule has 1 saturated heterocycles. The van der Waals surface area contributed by atoms with Crippen molar-refractivity contribution in [3.05, 3.63) is 41.0 Å². The minimum absolute atomic E-state index is 0.0467. The smallest absolute Gasteiger partial charge is 0.232 e. The van der Waals surface area contributed by atoms with Gasteiger partial charge >= 0.3 is 0 Å². The minimum Gasteiger partial charge on any atom is -0.339 e. The summed E-state index contributed by atoms with van der Waals surface area (Å²) < 4.78 is 5.29. The van der Waals surface area contributed by atoms with Gasteiger partial charge in [-0.3, -0.25) is 4.79 Å². The number of anilines is 1. The summed E-state index contributed by atoms with van der Waals surface area (Å²) in [6.45, 7) is 2.61. The van der Waals surface area contributed by atoms with Gasteiger partial charge in [0, 0.05) is 30.1 Å². The van der Waals surface area contributed by atoms with E-state index in [4.69, 9.17) is 16.1 Å². The summed E-state index contributed by atoms with van der Waals surface area (Å²) in [6.07, 6.45) is 2.15. The van der Waals surface area contributed by atoms with Gasteiger partial charge in [-0.15, -0.1) is 0 Å². The second-order valence-corrected chi connectivity index (χ2v) is 5.62. The molecular weight excluding hydrogens is 290 g/mol. The van der Waals surface area contributed by atoms with E-state index in [0.717, 1.165) is 18.5 Å². The fourth-order valence-electron chi connectivity index (χ4n) is 2.53. The van der Waals surface area contributed by atoms with E-state index < -0.39 is 0 Å². The largest absolute Gasteiger partial charge is 0.339 e. The van der Waals surface area contributed by atoms with Crippen molar-refractivity contribution in [2.24, 2.45) is 0 Å². The number of carbonyl (C=O) groups is 1. The highest BCUT2D eigenvalue weighted by Gasteiger charge is 2.35. The van der Waals surface area contributed by atoms with E-state index in [2.05, 4.69) is 17.1 Å². The monoisotopic (exact) mass is 305 g/mol. The van der Waals surface area contributed by atoms with Gasteiger partial charge in [-0.25, -0.2) is 0 Å². The molecule has 1 unspecified atom stereocenters. The van der Waals surface area contributed by atoms with Crippen molar-refractivity contribution in [3.8, 4) is 0 Å². The Kier molecular flexibility index (Phi) is 3.92. The molecule has 0 bridgehead atoms. The van der Waals surface area contributed by atoms with E-state index in [-0.39, 0.29) is 11.8 Å². The molecule has 0 spiro atoms. The van der Waals surface area contributed by atoms with Crippen LogP contribution < -0.4 is 4.90 Å². The third kappa shape index (κ3) is 2.93. The average Bonchev–Trinajstić information content (AvgIpc) is 3.06. The Morgan fingerprint density at radius 2 is 2.33 bits per heavy atom. The molecule has 1 aliphatic heterocycles. The normalized spacial score (nSPS) is 18.5. The number of carbonyl (C=O) groups excluding carboxylic acids is 1. The van der Waals surface area contributed by atoms with Crippen LogP contribution >= 0.6 is 11.6 Å². The summed E-state index contributed by atoms with van der Waals surface area (Å²) in [7, 11) is 0. The molecular formula is C15H16ClN3O2. The number of aromatic nitrogens is 2. The van der Waals surface area contributed by atoms with Gasteiger partial charge in [0.15, 0.2) is 5.82 Å². The Bertz CT molecular complexity index is 656. The van der Waals surface area contributed by atoms with Gasteiger partial charge in [-0.2, -0.15) is 4.98 Å². The van der Waals surface area contributed by atoms with Crippen LogP contribution in [0.5, 0.6) is 0 Å². The molecule has 1 amide bonds. The molecule has 1 aliphatic rings. The van der Waals surface area contributed by atoms with E-state index in [1.165, 1.54) is 0 Å². The zero-order valence-corrected chi connectivity index (χ0v) is 12.5. The third-order valence-electron chi connectivity index (χ3n) is 3.55. The van der Waals surface area contributed by atoms with Crippen LogP contribution in [0.1, 0.15) is 37.4 Å². The summed E-state index contributed by atoms with van der Waals surface area (Å²) in [5.41, 5.74) is 0.809. The van der Waals surface area contributed by atoms with Crippen molar-refractivity contribution in [1.82, 2.24) is 10.1 Å². The van der Waals surface area contributed by atoms with Crippen LogP contribution in [-0.4, -0.2) is 22.6 Å². The summed E-state index contributed by atoms with van der Waals surface area (Å²) in [6, 6.07) is 7.29. The summed E-state index contributed by atoms with van der Waals surface area (Å²) in [4.78, 5) is 18.3. The van der Waals surface area contributed by atoms with Crippen LogP contribution in [-0.2, 0) is 11.2 Å². The van der Waals surface area contributed by atoms with Crippen molar-refractivity contribution in [1.29, 1.82) is 0 Å². The number of rotatable bonds is 4. The van der Waals surface area contributed by atoms with Crippen LogP contribution in [0.4, 0.5) is 5.69 Å². The maximum Gasteiger partial charge on any atom is 0.232 e. The first-order valence-corrected chi connectivity index (χ1v) is 7.43. The lowest BCUT2D eigenvalue weighted by atomic mass is 10.1. The van der Waals surface area contributed by atoms with Gasteiger partial charge in [0.05, 0.1) is 5.92 Å². The number of aryl methyl sites for hydroxylation is 1. The maximum atomic E-state index is 12.2. The van der Waals surface area contributed by atoms with Crippen molar-refractivity contribution in [3.63, 3.8) is 0 Å². The van der Waals surface area contributed by atoms with Gasteiger partial charge in [-0.05, 0) is 24.6 Å². The van der Waals surface area contributed by atoms with Crippen LogP contribution in [0.2, 0.25) is 5.02 Å². The second-order valence-electron chi connectivity index (χ2n) is 5.18. The predicted octanol–water partition coefficient (Wildman–Crippen LogP) is 3.20.